The number of imide groups is 1. The molecular formula is C14H20N4O4. The van der Waals surface area contributed by atoms with Gasteiger partial charge in [-0.1, -0.05) is 19.0 Å². The van der Waals surface area contributed by atoms with Crippen LogP contribution >= 0.6 is 0 Å². The smallest absolute Gasteiger partial charge is 0.322 e. The van der Waals surface area contributed by atoms with E-state index in [4.69, 9.17) is 4.52 Å². The first-order valence-corrected chi connectivity index (χ1v) is 7.17. The Morgan fingerprint density at radius 1 is 1.50 bits per heavy atom. The fraction of sp³-hybridized carbons (Fsp3) is 0.571. The minimum absolute atomic E-state index is 0.128. The molecule has 2 N–H and O–H groups in total. The molecule has 8 heteroatoms. The Hall–Kier alpha value is -2.38. The summed E-state index contributed by atoms with van der Waals surface area (Å²) >= 11 is 0. The van der Waals surface area contributed by atoms with E-state index >= 15 is 0 Å². The zero-order valence-electron chi connectivity index (χ0n) is 12.9. The molecule has 2 rings (SSSR count). The largest absolute Gasteiger partial charge is 0.359 e. The summed E-state index contributed by atoms with van der Waals surface area (Å²) in [6.07, 6.45) is 0.400. The minimum Gasteiger partial charge on any atom is -0.359 e. The van der Waals surface area contributed by atoms with Gasteiger partial charge in [-0.15, -0.1) is 0 Å². The molecule has 1 atom stereocenters. The number of urea groups is 1. The second kappa shape index (κ2) is 6.59. The molecule has 8 nitrogen and oxygen atoms in total. The highest BCUT2D eigenvalue weighted by Crippen LogP contribution is 2.15. The molecule has 0 saturated carbocycles. The van der Waals surface area contributed by atoms with E-state index in [1.807, 2.05) is 19.9 Å². The van der Waals surface area contributed by atoms with Crippen LogP contribution in [0.3, 0.4) is 0 Å². The highest BCUT2D eigenvalue weighted by molar-refractivity contribution is 5.98. The van der Waals surface area contributed by atoms with Crippen LogP contribution in [0.25, 0.3) is 0 Å². The molecule has 120 valence electrons. The van der Waals surface area contributed by atoms with E-state index in [9.17, 15) is 14.4 Å². The maximum Gasteiger partial charge on any atom is 0.322 e. The Morgan fingerprint density at radius 3 is 2.86 bits per heavy atom. The Labute approximate surface area is 128 Å². The fourth-order valence-electron chi connectivity index (χ4n) is 2.17. The minimum atomic E-state index is -0.719. The summed E-state index contributed by atoms with van der Waals surface area (Å²) in [7, 11) is 1.62. The van der Waals surface area contributed by atoms with E-state index in [2.05, 4.69) is 15.8 Å². The van der Waals surface area contributed by atoms with Crippen LogP contribution in [-0.4, -0.2) is 41.0 Å². The van der Waals surface area contributed by atoms with Gasteiger partial charge in [0.15, 0.2) is 5.76 Å². The SMILES string of the molecule is CC(C)c1cc(CN(C)C(=O)[C@@H]2CCC(=O)NC(=O)N2)on1. The van der Waals surface area contributed by atoms with Gasteiger partial charge in [-0.2, -0.15) is 0 Å². The van der Waals surface area contributed by atoms with Crippen LogP contribution in [0, 0.1) is 0 Å². The molecular weight excluding hydrogens is 288 g/mol. The molecule has 0 aliphatic carbocycles. The summed E-state index contributed by atoms with van der Waals surface area (Å²) in [6, 6.07) is 0.450. The van der Waals surface area contributed by atoms with Crippen molar-refractivity contribution in [3.05, 3.63) is 17.5 Å². The van der Waals surface area contributed by atoms with Gasteiger partial charge in [0.2, 0.25) is 11.8 Å². The molecule has 1 fully saturated rings. The van der Waals surface area contributed by atoms with Crippen molar-refractivity contribution in [1.82, 2.24) is 20.7 Å². The average Bonchev–Trinajstić information content (AvgIpc) is 2.84. The summed E-state index contributed by atoms with van der Waals surface area (Å²) in [4.78, 5) is 36.5. The van der Waals surface area contributed by atoms with Gasteiger partial charge in [0, 0.05) is 19.5 Å². The number of carbonyl (C=O) groups is 3. The number of amides is 4. The van der Waals surface area contributed by atoms with Gasteiger partial charge < -0.3 is 14.7 Å². The van der Waals surface area contributed by atoms with Crippen LogP contribution in [0.1, 0.15) is 44.1 Å². The van der Waals surface area contributed by atoms with Crippen molar-refractivity contribution in [2.45, 2.75) is 45.2 Å². The molecule has 1 aromatic rings. The molecule has 2 heterocycles. The molecule has 0 radical (unpaired) electrons. The molecule has 0 spiro atoms. The van der Waals surface area contributed by atoms with Crippen molar-refractivity contribution >= 4 is 17.8 Å². The summed E-state index contributed by atoms with van der Waals surface area (Å²) in [5.74, 6) is 0.171. The molecule has 0 unspecified atom stereocenters. The van der Waals surface area contributed by atoms with E-state index in [1.54, 1.807) is 7.05 Å². The number of aromatic nitrogens is 1. The lowest BCUT2D eigenvalue weighted by molar-refractivity contribution is -0.132. The molecule has 0 aromatic carbocycles. The highest BCUT2D eigenvalue weighted by atomic mass is 16.5. The molecule has 1 aromatic heterocycles. The fourth-order valence-corrected chi connectivity index (χ4v) is 2.17. The van der Waals surface area contributed by atoms with Gasteiger partial charge >= 0.3 is 6.03 Å². The normalized spacial score (nSPS) is 18.6. The second-order valence-corrected chi connectivity index (χ2v) is 5.68. The van der Waals surface area contributed by atoms with Crippen LogP contribution < -0.4 is 10.6 Å². The zero-order valence-corrected chi connectivity index (χ0v) is 12.9. The van der Waals surface area contributed by atoms with Crippen LogP contribution in [0.4, 0.5) is 4.79 Å². The number of carbonyl (C=O) groups excluding carboxylic acids is 3. The maximum absolute atomic E-state index is 12.4. The predicted molar refractivity (Wildman–Crippen MR) is 76.8 cm³/mol. The number of nitrogens with zero attached hydrogens (tertiary/aromatic N) is 2. The third-order valence-corrected chi connectivity index (χ3v) is 3.45. The van der Waals surface area contributed by atoms with Crippen LogP contribution in [0.2, 0.25) is 0 Å². The third kappa shape index (κ3) is 3.84. The number of rotatable bonds is 4. The van der Waals surface area contributed by atoms with E-state index < -0.39 is 12.1 Å². The Morgan fingerprint density at radius 2 is 2.23 bits per heavy atom. The first-order chi connectivity index (χ1) is 10.4. The predicted octanol–water partition coefficient (Wildman–Crippen LogP) is 0.745. The topological polar surface area (TPSA) is 105 Å². The van der Waals surface area contributed by atoms with Gasteiger partial charge in [0.25, 0.3) is 0 Å². The van der Waals surface area contributed by atoms with Gasteiger partial charge in [0.05, 0.1) is 12.2 Å². The summed E-state index contributed by atoms with van der Waals surface area (Å²) in [6.45, 7) is 4.26. The van der Waals surface area contributed by atoms with Crippen LogP contribution in [0.5, 0.6) is 0 Å². The lowest BCUT2D eigenvalue weighted by Crippen LogP contribution is -2.48. The van der Waals surface area contributed by atoms with Crippen molar-refractivity contribution in [3.8, 4) is 0 Å². The Balaban J connectivity index is 1.98. The number of nitrogens with one attached hydrogen (secondary N) is 2. The molecule has 0 bridgehead atoms. The highest BCUT2D eigenvalue weighted by Gasteiger charge is 2.28. The summed E-state index contributed by atoms with van der Waals surface area (Å²) < 4.78 is 5.20. The monoisotopic (exact) mass is 308 g/mol. The van der Waals surface area contributed by atoms with Crippen molar-refractivity contribution in [1.29, 1.82) is 0 Å². The third-order valence-electron chi connectivity index (χ3n) is 3.45. The quantitative estimate of drug-likeness (QED) is 0.854. The van der Waals surface area contributed by atoms with Gasteiger partial charge in [-0.3, -0.25) is 14.9 Å². The van der Waals surface area contributed by atoms with Crippen molar-refractivity contribution < 1.29 is 18.9 Å². The number of likely N-dealkylation sites (N-methyl/N-ethyl adjacent to an activating group) is 1. The van der Waals surface area contributed by atoms with Crippen molar-refractivity contribution in [2.75, 3.05) is 7.05 Å². The van der Waals surface area contributed by atoms with E-state index in [-0.39, 0.29) is 37.1 Å². The van der Waals surface area contributed by atoms with E-state index in [1.165, 1.54) is 4.90 Å². The molecule has 4 amide bonds. The molecule has 1 aliphatic heterocycles. The lowest BCUT2D eigenvalue weighted by atomic mass is 10.1. The lowest BCUT2D eigenvalue weighted by Gasteiger charge is -2.21. The van der Waals surface area contributed by atoms with Gasteiger partial charge in [-0.25, -0.2) is 4.79 Å². The van der Waals surface area contributed by atoms with Crippen molar-refractivity contribution in [3.63, 3.8) is 0 Å². The Kier molecular flexibility index (Phi) is 4.79. The molecule has 1 aliphatic rings. The van der Waals surface area contributed by atoms with E-state index in [0.717, 1.165) is 5.69 Å². The van der Waals surface area contributed by atoms with Gasteiger partial charge in [0.1, 0.15) is 6.04 Å². The van der Waals surface area contributed by atoms with Crippen molar-refractivity contribution in [2.24, 2.45) is 0 Å². The summed E-state index contributed by atoms with van der Waals surface area (Å²) in [5.41, 5.74) is 0.827. The zero-order chi connectivity index (χ0) is 16.3. The standard InChI is InChI=1S/C14H20N4O4/c1-8(2)11-6-9(22-17-11)7-18(3)13(20)10-4-5-12(19)16-14(21)15-10/h6,8,10H,4-5,7H2,1-3H3,(H2,15,16,19,21)/t10-/m0/s1. The number of hydrogen-bond acceptors (Lipinski definition) is 5. The molecule has 22 heavy (non-hydrogen) atoms. The number of hydrogen-bond donors (Lipinski definition) is 2. The van der Waals surface area contributed by atoms with Crippen LogP contribution in [0.15, 0.2) is 10.6 Å². The Bertz CT molecular complexity index is 581. The van der Waals surface area contributed by atoms with Gasteiger partial charge in [-0.05, 0) is 12.3 Å². The van der Waals surface area contributed by atoms with E-state index in [0.29, 0.717) is 5.76 Å². The first kappa shape index (κ1) is 16.0. The molecule has 1 saturated heterocycles. The summed E-state index contributed by atoms with van der Waals surface area (Å²) in [5, 5.41) is 8.57. The first-order valence-electron chi connectivity index (χ1n) is 7.17. The maximum atomic E-state index is 12.4. The average molecular weight is 308 g/mol. The second-order valence-electron chi connectivity index (χ2n) is 5.68. The van der Waals surface area contributed by atoms with Crippen LogP contribution in [-0.2, 0) is 16.1 Å².